The van der Waals surface area contributed by atoms with Crippen molar-refractivity contribution in [1.82, 2.24) is 9.97 Å². The van der Waals surface area contributed by atoms with Crippen molar-refractivity contribution in [2.45, 2.75) is 19.3 Å². The van der Waals surface area contributed by atoms with Crippen molar-refractivity contribution >= 4 is 64.6 Å². The van der Waals surface area contributed by atoms with Gasteiger partial charge in [-0.15, -0.1) is 0 Å². The van der Waals surface area contributed by atoms with Crippen LogP contribution in [-0.2, 0) is 5.41 Å². The summed E-state index contributed by atoms with van der Waals surface area (Å²) < 4.78 is 0. The quantitative estimate of drug-likeness (QED) is 0.134. The largest absolute Gasteiger partial charge is 0.261 e. The normalized spacial score (nSPS) is 13.6. The number of fused-ring (bicyclic) bond motifs is 3. The molecule has 11 aromatic carbocycles. The Kier molecular flexibility index (Phi) is 6.00. The summed E-state index contributed by atoms with van der Waals surface area (Å²) in [6, 6.07) is 57.4. The Morgan fingerprint density at radius 1 is 0.368 bits per heavy atom. The Morgan fingerprint density at radius 2 is 0.930 bits per heavy atom. The van der Waals surface area contributed by atoms with Crippen LogP contribution in [0.15, 0.2) is 170 Å². The van der Waals surface area contributed by atoms with Gasteiger partial charge in [-0.1, -0.05) is 129 Å². The summed E-state index contributed by atoms with van der Waals surface area (Å²) in [5.41, 5.74) is 14.3. The fourth-order valence-corrected chi connectivity index (χ4v) is 10.6. The zero-order valence-electron chi connectivity index (χ0n) is 31.6. The lowest BCUT2D eigenvalue weighted by Gasteiger charge is -2.24. The summed E-state index contributed by atoms with van der Waals surface area (Å²) in [4.78, 5) is 9.39. The third-order valence-electron chi connectivity index (χ3n) is 13.2. The molecule has 13 rings (SSSR count). The third-order valence-corrected chi connectivity index (χ3v) is 13.2. The van der Waals surface area contributed by atoms with E-state index >= 15 is 0 Å². The summed E-state index contributed by atoms with van der Waals surface area (Å²) in [5.74, 6) is 0. The molecule has 0 N–H and O–H groups in total. The molecule has 0 saturated heterocycles. The van der Waals surface area contributed by atoms with Crippen molar-refractivity contribution in [1.29, 1.82) is 0 Å². The average Bonchev–Trinajstić information content (AvgIpc) is 3.50. The molecule has 0 spiro atoms. The van der Waals surface area contributed by atoms with Crippen molar-refractivity contribution in [2.75, 3.05) is 0 Å². The molecular weight excluding hydrogens is 689 g/mol. The van der Waals surface area contributed by atoms with Crippen LogP contribution < -0.4 is 0 Å². The summed E-state index contributed by atoms with van der Waals surface area (Å²) in [5, 5.41) is 16.0. The molecule has 2 heteroatoms. The molecule has 1 aromatic heterocycles. The van der Waals surface area contributed by atoms with Crippen molar-refractivity contribution in [2.24, 2.45) is 0 Å². The smallest absolute Gasteiger partial charge is 0.0885 e. The zero-order chi connectivity index (χ0) is 37.6. The average molecular weight is 723 g/mol. The van der Waals surface area contributed by atoms with Crippen LogP contribution in [0.5, 0.6) is 0 Å². The molecule has 0 amide bonds. The first-order valence-electron chi connectivity index (χ1n) is 19.9. The van der Waals surface area contributed by atoms with Crippen LogP contribution in [0.1, 0.15) is 25.0 Å². The monoisotopic (exact) mass is 722 g/mol. The molecule has 12 aromatic rings. The molecule has 0 aliphatic heterocycles. The van der Waals surface area contributed by atoms with Crippen molar-refractivity contribution in [3.8, 4) is 55.8 Å². The van der Waals surface area contributed by atoms with E-state index in [-0.39, 0.29) is 5.41 Å². The fourth-order valence-electron chi connectivity index (χ4n) is 10.6. The highest BCUT2D eigenvalue weighted by atomic mass is 14.8. The molecule has 0 bridgehead atoms. The molecule has 1 aliphatic rings. The molecule has 1 heterocycles. The van der Waals surface area contributed by atoms with Crippen LogP contribution in [0.25, 0.3) is 120 Å². The van der Waals surface area contributed by atoms with Gasteiger partial charge in [-0.3, -0.25) is 9.97 Å². The minimum atomic E-state index is -0.138. The van der Waals surface area contributed by atoms with Gasteiger partial charge in [0.15, 0.2) is 0 Å². The zero-order valence-corrected chi connectivity index (χ0v) is 31.6. The molecule has 0 fully saturated rings. The topological polar surface area (TPSA) is 25.8 Å². The van der Waals surface area contributed by atoms with Crippen molar-refractivity contribution in [3.05, 3.63) is 181 Å². The molecule has 0 saturated carbocycles. The van der Waals surface area contributed by atoms with E-state index < -0.39 is 0 Å². The van der Waals surface area contributed by atoms with Gasteiger partial charge in [-0.2, -0.15) is 0 Å². The summed E-state index contributed by atoms with van der Waals surface area (Å²) in [7, 11) is 0. The second-order valence-electron chi connectivity index (χ2n) is 16.5. The lowest BCUT2D eigenvalue weighted by molar-refractivity contribution is 0.660. The van der Waals surface area contributed by atoms with E-state index in [4.69, 9.17) is 4.98 Å². The molecule has 264 valence electrons. The Balaban J connectivity index is 1.15. The highest BCUT2D eigenvalue weighted by Crippen LogP contribution is 2.54. The SMILES string of the molecule is CC1(C)c2ccccc2-c2cc(-c3ccccc3)c(-c3cc(-c4cnccn4)cc(-c4cc5ccc6ccc7ccc8ccc9ccc4c4c9c8c7c6c54)c3)cc21. The standard InChI is InChI=1S/C55H34N2/c1-55(2)46-11-7-6-10-40(46)45-28-43(31-8-4-3-5-9-31)44(29-47(45)55)38-24-37(25-39(26-38)48-30-56-22-23-57-48)42-27-36-19-18-34-15-13-32-12-14-33-16-17-35-20-21-41(42)54-52(35)50(33)49(32)51(34)53(36)54/h3-30H,1-2H3. The van der Waals surface area contributed by atoms with E-state index in [2.05, 4.69) is 170 Å². The van der Waals surface area contributed by atoms with E-state index in [0.717, 1.165) is 16.8 Å². The van der Waals surface area contributed by atoms with Crippen LogP contribution in [0.2, 0.25) is 0 Å². The first-order chi connectivity index (χ1) is 28.0. The van der Waals surface area contributed by atoms with Crippen LogP contribution in [-0.4, -0.2) is 9.97 Å². The lowest BCUT2D eigenvalue weighted by atomic mass is 9.79. The Hall–Kier alpha value is -7.16. The number of benzene rings is 11. The first kappa shape index (κ1) is 31.1. The van der Waals surface area contributed by atoms with E-state index in [0.29, 0.717) is 0 Å². The predicted molar refractivity (Wildman–Crippen MR) is 240 cm³/mol. The molecular formula is C55H34N2. The number of rotatable bonds is 4. The van der Waals surface area contributed by atoms with Crippen LogP contribution in [0.3, 0.4) is 0 Å². The van der Waals surface area contributed by atoms with Gasteiger partial charge in [0.25, 0.3) is 0 Å². The lowest BCUT2D eigenvalue weighted by Crippen LogP contribution is -2.15. The maximum Gasteiger partial charge on any atom is 0.0885 e. The van der Waals surface area contributed by atoms with Gasteiger partial charge in [0.05, 0.1) is 11.9 Å². The molecule has 1 aliphatic carbocycles. The molecule has 0 unspecified atom stereocenters. The van der Waals surface area contributed by atoms with Gasteiger partial charge in [0.2, 0.25) is 0 Å². The summed E-state index contributed by atoms with van der Waals surface area (Å²) in [6.07, 6.45) is 5.44. The van der Waals surface area contributed by atoms with E-state index in [1.54, 1.807) is 12.4 Å². The Morgan fingerprint density at radius 3 is 1.61 bits per heavy atom. The fraction of sp³-hybridized carbons (Fsp3) is 0.0545. The summed E-state index contributed by atoms with van der Waals surface area (Å²) in [6.45, 7) is 4.74. The number of nitrogens with zero attached hydrogens (tertiary/aromatic N) is 2. The van der Waals surface area contributed by atoms with Gasteiger partial charge in [-0.05, 0) is 157 Å². The van der Waals surface area contributed by atoms with E-state index in [9.17, 15) is 0 Å². The molecule has 2 nitrogen and oxygen atoms in total. The molecule has 57 heavy (non-hydrogen) atoms. The summed E-state index contributed by atoms with van der Waals surface area (Å²) >= 11 is 0. The Bertz CT molecular complexity index is 3520. The second-order valence-corrected chi connectivity index (χ2v) is 16.5. The van der Waals surface area contributed by atoms with Gasteiger partial charge < -0.3 is 0 Å². The minimum absolute atomic E-state index is 0.138. The predicted octanol–water partition coefficient (Wildman–Crippen LogP) is 14.7. The first-order valence-corrected chi connectivity index (χ1v) is 19.9. The minimum Gasteiger partial charge on any atom is -0.261 e. The highest BCUT2D eigenvalue weighted by molar-refractivity contribution is 6.45. The van der Waals surface area contributed by atoms with Gasteiger partial charge in [0.1, 0.15) is 0 Å². The van der Waals surface area contributed by atoms with E-state index in [1.807, 2.05) is 6.20 Å². The number of hydrogen-bond acceptors (Lipinski definition) is 2. The van der Waals surface area contributed by atoms with Gasteiger partial charge in [0, 0.05) is 23.4 Å². The number of hydrogen-bond donors (Lipinski definition) is 0. The maximum absolute atomic E-state index is 4.86. The molecule has 0 atom stereocenters. The van der Waals surface area contributed by atoms with Crippen LogP contribution >= 0.6 is 0 Å². The van der Waals surface area contributed by atoms with Gasteiger partial charge in [-0.25, -0.2) is 0 Å². The van der Waals surface area contributed by atoms with Crippen LogP contribution in [0, 0.1) is 0 Å². The number of aromatic nitrogens is 2. The Labute approximate surface area is 329 Å². The van der Waals surface area contributed by atoms with Crippen molar-refractivity contribution in [3.63, 3.8) is 0 Å². The van der Waals surface area contributed by atoms with Crippen molar-refractivity contribution < 1.29 is 0 Å². The molecule has 0 radical (unpaired) electrons. The highest BCUT2D eigenvalue weighted by Gasteiger charge is 2.36. The second kappa shape index (κ2) is 11.0. The van der Waals surface area contributed by atoms with Gasteiger partial charge >= 0.3 is 0 Å². The third kappa shape index (κ3) is 4.14. The maximum atomic E-state index is 4.86. The van der Waals surface area contributed by atoms with Crippen LogP contribution in [0.4, 0.5) is 0 Å². The van der Waals surface area contributed by atoms with E-state index in [1.165, 1.54) is 115 Å².